The van der Waals surface area contributed by atoms with Crippen molar-refractivity contribution < 1.29 is 4.79 Å². The zero-order valence-corrected chi connectivity index (χ0v) is 12.8. The van der Waals surface area contributed by atoms with Crippen LogP contribution in [0.25, 0.3) is 0 Å². The topological polar surface area (TPSA) is 29.1 Å². The molecule has 0 saturated carbocycles. The molecule has 0 fully saturated rings. The molecular weight excluding hydrogens is 298 g/mol. The fourth-order valence-electron chi connectivity index (χ4n) is 1.34. The summed E-state index contributed by atoms with van der Waals surface area (Å²) >= 11 is 5.01. The number of benzene rings is 1. The minimum absolute atomic E-state index is 0.103. The molecule has 0 heterocycles. The first-order valence-corrected chi connectivity index (χ1v) is 7.49. The van der Waals surface area contributed by atoms with Crippen LogP contribution in [0.4, 0.5) is 0 Å². The van der Waals surface area contributed by atoms with E-state index >= 15 is 0 Å². The molecule has 0 aromatic heterocycles. The Bertz CT molecular complexity index is 395. The highest BCUT2D eigenvalue weighted by molar-refractivity contribution is 9.10. The molecule has 0 aliphatic rings. The molecule has 1 atom stereocenters. The van der Waals surface area contributed by atoms with Gasteiger partial charge in [-0.1, -0.05) is 22.9 Å². The van der Waals surface area contributed by atoms with Gasteiger partial charge in [0.15, 0.2) is 0 Å². The molecule has 0 aliphatic heterocycles. The largest absolute Gasteiger partial charge is 0.353 e. The lowest BCUT2D eigenvalue weighted by Gasteiger charge is -2.11. The molecule has 0 bridgehead atoms. The molecule has 1 aromatic rings. The predicted octanol–water partition coefficient (Wildman–Crippen LogP) is 3.76. The van der Waals surface area contributed by atoms with Crippen LogP contribution < -0.4 is 5.32 Å². The summed E-state index contributed by atoms with van der Waals surface area (Å²) in [4.78, 5) is 12.8. The summed E-state index contributed by atoms with van der Waals surface area (Å²) < 4.78 is 1.07. The Morgan fingerprint density at radius 3 is 2.82 bits per heavy atom. The van der Waals surface area contributed by atoms with Crippen LogP contribution in [0.2, 0.25) is 0 Å². The Morgan fingerprint density at radius 1 is 1.53 bits per heavy atom. The van der Waals surface area contributed by atoms with Gasteiger partial charge in [-0.2, -0.15) is 0 Å². The molecule has 0 saturated heterocycles. The lowest BCUT2D eigenvalue weighted by Crippen LogP contribution is -2.33. The van der Waals surface area contributed by atoms with Crippen molar-refractivity contribution in [1.82, 2.24) is 5.32 Å². The number of hydrogen-bond donors (Lipinski definition) is 1. The summed E-state index contributed by atoms with van der Waals surface area (Å²) in [5.74, 6) is 0.582. The van der Waals surface area contributed by atoms with Crippen molar-refractivity contribution >= 4 is 33.6 Å². The van der Waals surface area contributed by atoms with E-state index in [1.165, 1.54) is 5.56 Å². The van der Waals surface area contributed by atoms with Crippen molar-refractivity contribution in [1.29, 1.82) is 0 Å². The maximum Gasteiger partial charge on any atom is 0.230 e. The van der Waals surface area contributed by atoms with Gasteiger partial charge in [0.2, 0.25) is 5.91 Å². The molecule has 1 unspecified atom stereocenters. The van der Waals surface area contributed by atoms with E-state index in [9.17, 15) is 4.79 Å². The minimum atomic E-state index is 0.103. The summed E-state index contributed by atoms with van der Waals surface area (Å²) in [7, 11) is 0. The maximum absolute atomic E-state index is 11.6. The minimum Gasteiger partial charge on any atom is -0.353 e. The molecule has 2 nitrogen and oxygen atoms in total. The van der Waals surface area contributed by atoms with Crippen LogP contribution in [0.5, 0.6) is 0 Å². The molecular formula is C13H18BrNOS. The highest BCUT2D eigenvalue weighted by Gasteiger charge is 2.07. The molecule has 1 aromatic carbocycles. The fourth-order valence-corrected chi connectivity index (χ4v) is 2.63. The normalized spacial score (nSPS) is 12.2. The average molecular weight is 316 g/mol. The second-order valence-corrected chi connectivity index (χ2v) is 6.01. The van der Waals surface area contributed by atoms with Gasteiger partial charge in [-0.25, -0.2) is 0 Å². The number of rotatable bonds is 5. The SMILES string of the molecule is CCC(C)NC(=O)CSc1ccc(Br)cc1C. The van der Waals surface area contributed by atoms with Gasteiger partial charge in [0.1, 0.15) is 0 Å². The molecule has 94 valence electrons. The van der Waals surface area contributed by atoms with E-state index in [1.54, 1.807) is 11.8 Å². The highest BCUT2D eigenvalue weighted by atomic mass is 79.9. The van der Waals surface area contributed by atoms with E-state index in [0.717, 1.165) is 15.8 Å². The van der Waals surface area contributed by atoms with Crippen LogP contribution >= 0.6 is 27.7 Å². The van der Waals surface area contributed by atoms with E-state index in [1.807, 2.05) is 19.1 Å². The van der Waals surface area contributed by atoms with E-state index in [0.29, 0.717) is 5.75 Å². The second-order valence-electron chi connectivity index (χ2n) is 4.08. The van der Waals surface area contributed by atoms with Crippen molar-refractivity contribution in [3.8, 4) is 0 Å². The van der Waals surface area contributed by atoms with Crippen LogP contribution in [0.3, 0.4) is 0 Å². The van der Waals surface area contributed by atoms with Crippen LogP contribution in [0, 0.1) is 6.92 Å². The Balaban J connectivity index is 2.47. The molecule has 0 spiro atoms. The zero-order valence-electron chi connectivity index (χ0n) is 10.4. The number of nitrogens with one attached hydrogen (secondary N) is 1. The zero-order chi connectivity index (χ0) is 12.8. The van der Waals surface area contributed by atoms with Gasteiger partial charge in [-0.3, -0.25) is 4.79 Å². The van der Waals surface area contributed by atoms with Gasteiger partial charge in [-0.05, 0) is 44.0 Å². The molecule has 1 N–H and O–H groups in total. The number of hydrogen-bond acceptors (Lipinski definition) is 2. The van der Waals surface area contributed by atoms with Gasteiger partial charge >= 0.3 is 0 Å². The summed E-state index contributed by atoms with van der Waals surface area (Å²) in [6.45, 7) is 6.14. The lowest BCUT2D eigenvalue weighted by molar-refractivity contribution is -0.119. The fraction of sp³-hybridized carbons (Fsp3) is 0.462. The monoisotopic (exact) mass is 315 g/mol. The number of amides is 1. The molecule has 17 heavy (non-hydrogen) atoms. The van der Waals surface area contributed by atoms with E-state index < -0.39 is 0 Å². The molecule has 1 rings (SSSR count). The number of thioether (sulfide) groups is 1. The first kappa shape index (κ1) is 14.6. The number of carbonyl (C=O) groups excluding carboxylic acids is 1. The first-order chi connectivity index (χ1) is 8.02. The van der Waals surface area contributed by atoms with Crippen LogP contribution in [-0.2, 0) is 4.79 Å². The third-order valence-corrected chi connectivity index (χ3v) is 4.18. The van der Waals surface area contributed by atoms with Crippen molar-refractivity contribution in [3.05, 3.63) is 28.2 Å². The van der Waals surface area contributed by atoms with Gasteiger partial charge in [-0.15, -0.1) is 11.8 Å². The van der Waals surface area contributed by atoms with E-state index in [2.05, 4.69) is 41.2 Å². The van der Waals surface area contributed by atoms with Crippen LogP contribution in [-0.4, -0.2) is 17.7 Å². The smallest absolute Gasteiger partial charge is 0.230 e. The van der Waals surface area contributed by atoms with Crippen molar-refractivity contribution in [2.24, 2.45) is 0 Å². The van der Waals surface area contributed by atoms with Crippen molar-refractivity contribution in [2.45, 2.75) is 38.1 Å². The van der Waals surface area contributed by atoms with Crippen molar-refractivity contribution in [3.63, 3.8) is 0 Å². The Kier molecular flexibility index (Phi) is 6.06. The highest BCUT2D eigenvalue weighted by Crippen LogP contribution is 2.25. The molecule has 0 radical (unpaired) electrons. The van der Waals surface area contributed by atoms with Gasteiger partial charge < -0.3 is 5.32 Å². The van der Waals surface area contributed by atoms with Gasteiger partial charge in [0, 0.05) is 15.4 Å². The van der Waals surface area contributed by atoms with Gasteiger partial charge in [0.05, 0.1) is 5.75 Å². The Labute approximate surface area is 116 Å². The summed E-state index contributed by atoms with van der Waals surface area (Å²) in [5, 5.41) is 2.96. The summed E-state index contributed by atoms with van der Waals surface area (Å²) in [6, 6.07) is 6.37. The summed E-state index contributed by atoms with van der Waals surface area (Å²) in [5.41, 5.74) is 1.20. The van der Waals surface area contributed by atoms with Crippen LogP contribution in [0.1, 0.15) is 25.8 Å². The van der Waals surface area contributed by atoms with E-state index in [4.69, 9.17) is 0 Å². The molecule has 0 aliphatic carbocycles. The van der Waals surface area contributed by atoms with Crippen LogP contribution in [0.15, 0.2) is 27.6 Å². The summed E-state index contributed by atoms with van der Waals surface area (Å²) in [6.07, 6.45) is 0.966. The Hall–Kier alpha value is -0.480. The third-order valence-electron chi connectivity index (χ3n) is 2.52. The number of halogens is 1. The molecule has 4 heteroatoms. The second kappa shape index (κ2) is 7.07. The average Bonchev–Trinajstić information content (AvgIpc) is 2.27. The van der Waals surface area contributed by atoms with E-state index in [-0.39, 0.29) is 11.9 Å². The lowest BCUT2D eigenvalue weighted by atomic mass is 10.2. The number of carbonyl (C=O) groups is 1. The van der Waals surface area contributed by atoms with Crippen molar-refractivity contribution in [2.75, 3.05) is 5.75 Å². The maximum atomic E-state index is 11.6. The first-order valence-electron chi connectivity index (χ1n) is 5.71. The standard InChI is InChI=1S/C13H18BrNOS/c1-4-10(3)15-13(16)8-17-12-6-5-11(14)7-9(12)2/h5-7,10H,4,8H2,1-3H3,(H,15,16). The Morgan fingerprint density at radius 2 is 2.24 bits per heavy atom. The number of aryl methyl sites for hydroxylation is 1. The third kappa shape index (κ3) is 5.13. The quantitative estimate of drug-likeness (QED) is 0.838. The molecule has 1 amide bonds. The van der Waals surface area contributed by atoms with Gasteiger partial charge in [0.25, 0.3) is 0 Å². The predicted molar refractivity (Wildman–Crippen MR) is 77.5 cm³/mol.